The van der Waals surface area contributed by atoms with E-state index in [9.17, 15) is 9.18 Å². The number of rotatable bonds is 4. The Morgan fingerprint density at radius 2 is 1.62 bits per heavy atom. The lowest BCUT2D eigenvalue weighted by molar-refractivity contribution is 0.101. The average molecular weight is 386 g/mol. The third-order valence-electron chi connectivity index (χ3n) is 4.43. The zero-order valence-corrected chi connectivity index (χ0v) is 16.1. The van der Waals surface area contributed by atoms with E-state index in [1.807, 2.05) is 62.4 Å². The van der Waals surface area contributed by atoms with Gasteiger partial charge < -0.3 is 5.32 Å². The fourth-order valence-electron chi connectivity index (χ4n) is 3.05. The van der Waals surface area contributed by atoms with Crippen molar-refractivity contribution in [3.8, 4) is 17.1 Å². The molecule has 0 spiro atoms. The van der Waals surface area contributed by atoms with Crippen LogP contribution >= 0.6 is 0 Å². The third kappa shape index (κ3) is 4.06. The SMILES string of the molecule is Cc1cccc(NC(=O)c2nc(-c3cccc(C)c3)n(-c3ccc(F)cc3)n2)c1. The highest BCUT2D eigenvalue weighted by Gasteiger charge is 2.19. The Hall–Kier alpha value is -3.80. The molecule has 0 bridgehead atoms. The number of hydrogen-bond donors (Lipinski definition) is 1. The fourth-order valence-corrected chi connectivity index (χ4v) is 3.05. The van der Waals surface area contributed by atoms with Gasteiger partial charge in [0.25, 0.3) is 5.91 Å². The van der Waals surface area contributed by atoms with Gasteiger partial charge in [0.05, 0.1) is 5.69 Å². The summed E-state index contributed by atoms with van der Waals surface area (Å²) in [7, 11) is 0. The number of nitrogens with zero attached hydrogens (tertiary/aromatic N) is 3. The van der Waals surface area contributed by atoms with Crippen LogP contribution in [0.15, 0.2) is 72.8 Å². The van der Waals surface area contributed by atoms with E-state index < -0.39 is 5.91 Å². The molecule has 0 fully saturated rings. The highest BCUT2D eigenvalue weighted by molar-refractivity contribution is 6.01. The van der Waals surface area contributed by atoms with Gasteiger partial charge in [0.2, 0.25) is 5.82 Å². The van der Waals surface area contributed by atoms with Gasteiger partial charge in [-0.2, -0.15) is 0 Å². The molecule has 0 unspecified atom stereocenters. The minimum atomic E-state index is -0.412. The topological polar surface area (TPSA) is 59.8 Å². The highest BCUT2D eigenvalue weighted by Crippen LogP contribution is 2.23. The van der Waals surface area contributed by atoms with Gasteiger partial charge in [-0.3, -0.25) is 4.79 Å². The summed E-state index contributed by atoms with van der Waals surface area (Å²) in [6.45, 7) is 3.93. The van der Waals surface area contributed by atoms with Gasteiger partial charge >= 0.3 is 0 Å². The molecule has 144 valence electrons. The lowest BCUT2D eigenvalue weighted by Gasteiger charge is -2.06. The molecule has 5 nitrogen and oxygen atoms in total. The molecule has 3 aromatic carbocycles. The van der Waals surface area contributed by atoms with Crippen molar-refractivity contribution >= 4 is 11.6 Å². The van der Waals surface area contributed by atoms with Crippen LogP contribution in [0.4, 0.5) is 10.1 Å². The Bertz CT molecular complexity index is 1180. The van der Waals surface area contributed by atoms with Crippen molar-refractivity contribution in [2.45, 2.75) is 13.8 Å². The summed E-state index contributed by atoms with van der Waals surface area (Å²) in [6, 6.07) is 21.2. The molecule has 1 aromatic heterocycles. The molecule has 0 aliphatic rings. The van der Waals surface area contributed by atoms with Crippen molar-refractivity contribution in [1.29, 1.82) is 0 Å². The molecule has 0 radical (unpaired) electrons. The molecule has 0 saturated carbocycles. The molecule has 1 amide bonds. The summed E-state index contributed by atoms with van der Waals surface area (Å²) in [5.74, 6) is -0.212. The van der Waals surface area contributed by atoms with Gasteiger partial charge in [-0.25, -0.2) is 14.1 Å². The maximum atomic E-state index is 13.4. The van der Waals surface area contributed by atoms with Crippen molar-refractivity contribution in [3.63, 3.8) is 0 Å². The van der Waals surface area contributed by atoms with Crippen molar-refractivity contribution in [2.75, 3.05) is 5.32 Å². The first-order chi connectivity index (χ1) is 14.0. The lowest BCUT2D eigenvalue weighted by atomic mass is 10.1. The molecule has 0 saturated heterocycles. The van der Waals surface area contributed by atoms with E-state index in [4.69, 9.17) is 0 Å². The number of amides is 1. The normalized spacial score (nSPS) is 10.7. The van der Waals surface area contributed by atoms with Crippen molar-refractivity contribution < 1.29 is 9.18 Å². The van der Waals surface area contributed by atoms with Crippen molar-refractivity contribution in [3.05, 3.63) is 95.6 Å². The number of benzene rings is 3. The van der Waals surface area contributed by atoms with Crippen LogP contribution in [0.1, 0.15) is 21.7 Å². The number of nitrogens with one attached hydrogen (secondary N) is 1. The fraction of sp³-hybridized carbons (Fsp3) is 0.0870. The number of halogens is 1. The molecule has 29 heavy (non-hydrogen) atoms. The second kappa shape index (κ2) is 7.67. The number of hydrogen-bond acceptors (Lipinski definition) is 3. The van der Waals surface area contributed by atoms with Gasteiger partial charge in [0.15, 0.2) is 5.82 Å². The number of carbonyl (C=O) groups excluding carboxylic acids is 1. The molecule has 4 aromatic rings. The summed E-state index contributed by atoms with van der Waals surface area (Å²) in [5.41, 5.74) is 4.20. The standard InChI is InChI=1S/C23H19FN4O/c1-15-5-3-7-17(13-15)22-26-21(23(29)25-19-8-4-6-16(2)14-19)27-28(22)20-11-9-18(24)10-12-20/h3-14H,1-2H3,(H,25,29). The van der Waals surface area contributed by atoms with Crippen LogP contribution in [-0.2, 0) is 0 Å². The summed E-state index contributed by atoms with van der Waals surface area (Å²) >= 11 is 0. The molecule has 4 rings (SSSR count). The molecule has 0 aliphatic heterocycles. The maximum Gasteiger partial charge on any atom is 0.295 e. The molecule has 6 heteroatoms. The second-order valence-corrected chi connectivity index (χ2v) is 6.84. The van der Waals surface area contributed by atoms with Crippen LogP contribution in [0.3, 0.4) is 0 Å². The Labute approximate surface area is 167 Å². The Kier molecular flexibility index (Phi) is 4.91. The van der Waals surface area contributed by atoms with Crippen LogP contribution in [0.5, 0.6) is 0 Å². The predicted molar refractivity (Wildman–Crippen MR) is 111 cm³/mol. The minimum absolute atomic E-state index is 0.0346. The van der Waals surface area contributed by atoms with Crippen LogP contribution < -0.4 is 5.32 Å². The Balaban J connectivity index is 1.76. The van der Waals surface area contributed by atoms with E-state index in [0.29, 0.717) is 17.2 Å². The summed E-state index contributed by atoms with van der Waals surface area (Å²) < 4.78 is 14.9. The molecule has 0 atom stereocenters. The molecular weight excluding hydrogens is 367 g/mol. The molecule has 1 heterocycles. The van der Waals surface area contributed by atoms with Gasteiger partial charge in [0, 0.05) is 11.3 Å². The zero-order chi connectivity index (χ0) is 20.4. The quantitative estimate of drug-likeness (QED) is 0.540. The first-order valence-corrected chi connectivity index (χ1v) is 9.18. The van der Waals surface area contributed by atoms with Gasteiger partial charge in [-0.1, -0.05) is 35.9 Å². The Morgan fingerprint density at radius 3 is 2.31 bits per heavy atom. The first kappa shape index (κ1) is 18.6. The molecule has 0 aliphatic carbocycles. The van der Waals surface area contributed by atoms with Crippen LogP contribution in [0.2, 0.25) is 0 Å². The molecule has 1 N–H and O–H groups in total. The first-order valence-electron chi connectivity index (χ1n) is 9.18. The number of carbonyl (C=O) groups is 1. The second-order valence-electron chi connectivity index (χ2n) is 6.84. The van der Waals surface area contributed by atoms with Crippen LogP contribution in [0.25, 0.3) is 17.1 Å². The maximum absolute atomic E-state index is 13.4. The summed E-state index contributed by atoms with van der Waals surface area (Å²) in [6.07, 6.45) is 0. The average Bonchev–Trinajstić information content (AvgIpc) is 3.14. The van der Waals surface area contributed by atoms with E-state index >= 15 is 0 Å². The number of anilines is 1. The van der Waals surface area contributed by atoms with Crippen LogP contribution in [-0.4, -0.2) is 20.7 Å². The van der Waals surface area contributed by atoms with Gasteiger partial charge in [-0.15, -0.1) is 5.10 Å². The monoisotopic (exact) mass is 386 g/mol. The predicted octanol–water partition coefficient (Wildman–Crippen LogP) is 4.94. The highest BCUT2D eigenvalue weighted by atomic mass is 19.1. The van der Waals surface area contributed by atoms with E-state index in [0.717, 1.165) is 16.7 Å². The van der Waals surface area contributed by atoms with Gasteiger partial charge in [0.1, 0.15) is 5.82 Å². The van der Waals surface area contributed by atoms with Gasteiger partial charge in [-0.05, 0) is 61.9 Å². The van der Waals surface area contributed by atoms with E-state index in [1.165, 1.54) is 12.1 Å². The zero-order valence-electron chi connectivity index (χ0n) is 16.1. The van der Waals surface area contributed by atoms with Crippen molar-refractivity contribution in [1.82, 2.24) is 14.8 Å². The van der Waals surface area contributed by atoms with Crippen LogP contribution in [0, 0.1) is 19.7 Å². The third-order valence-corrected chi connectivity index (χ3v) is 4.43. The largest absolute Gasteiger partial charge is 0.319 e. The Morgan fingerprint density at radius 1 is 0.931 bits per heavy atom. The summed E-state index contributed by atoms with van der Waals surface area (Å²) in [4.78, 5) is 17.3. The smallest absolute Gasteiger partial charge is 0.295 e. The van der Waals surface area contributed by atoms with Crippen molar-refractivity contribution in [2.24, 2.45) is 0 Å². The number of aryl methyl sites for hydroxylation is 2. The van der Waals surface area contributed by atoms with E-state index in [2.05, 4.69) is 15.4 Å². The summed E-state index contributed by atoms with van der Waals surface area (Å²) in [5, 5.41) is 7.23. The van der Waals surface area contributed by atoms with E-state index in [-0.39, 0.29) is 11.6 Å². The van der Waals surface area contributed by atoms with E-state index in [1.54, 1.807) is 16.8 Å². The lowest BCUT2D eigenvalue weighted by Crippen LogP contribution is -2.14. The minimum Gasteiger partial charge on any atom is -0.319 e. The number of aromatic nitrogens is 3. The molecular formula is C23H19FN4O.